The summed E-state index contributed by atoms with van der Waals surface area (Å²) in [4.78, 5) is 11.9. The van der Waals surface area contributed by atoms with E-state index in [1.165, 1.54) is 0 Å². The van der Waals surface area contributed by atoms with Crippen LogP contribution in [0.2, 0.25) is 0 Å². The molecule has 0 saturated heterocycles. The Morgan fingerprint density at radius 1 is 1.12 bits per heavy atom. The van der Waals surface area contributed by atoms with E-state index in [1.807, 2.05) is 36.5 Å². The molecule has 24 heavy (non-hydrogen) atoms. The number of para-hydroxylation sites is 1. The second kappa shape index (κ2) is 7.04. The Kier molecular flexibility index (Phi) is 4.65. The molecule has 3 rings (SSSR count). The Balaban J connectivity index is 1.59. The molecule has 0 bridgehead atoms. The smallest absolute Gasteiger partial charge is 0.224 e. The fourth-order valence-electron chi connectivity index (χ4n) is 2.27. The number of benzene rings is 2. The van der Waals surface area contributed by atoms with Crippen LogP contribution in [-0.2, 0) is 11.2 Å². The number of nitrogens with zero attached hydrogens (tertiary/aromatic N) is 2. The van der Waals surface area contributed by atoms with Gasteiger partial charge in [0.2, 0.25) is 5.91 Å². The molecule has 1 N–H and O–H groups in total. The van der Waals surface area contributed by atoms with Gasteiger partial charge in [0.25, 0.3) is 0 Å². The summed E-state index contributed by atoms with van der Waals surface area (Å²) < 4.78 is 28.3. The molecular weight excluding hydrogens is 312 g/mol. The van der Waals surface area contributed by atoms with Crippen molar-refractivity contribution >= 4 is 11.6 Å². The molecule has 0 aliphatic heterocycles. The van der Waals surface area contributed by atoms with Crippen LogP contribution in [-0.4, -0.2) is 15.7 Å². The molecule has 3 aromatic rings. The molecular formula is C18H15F2N3O. The van der Waals surface area contributed by atoms with Gasteiger partial charge in [-0.1, -0.05) is 18.2 Å². The third-order valence-corrected chi connectivity index (χ3v) is 3.50. The predicted octanol–water partition coefficient (Wildman–Crippen LogP) is 3.72. The zero-order valence-corrected chi connectivity index (χ0v) is 12.7. The highest BCUT2D eigenvalue weighted by Gasteiger charge is 2.09. The summed E-state index contributed by atoms with van der Waals surface area (Å²) in [5.74, 6) is -1.65. The number of halogens is 2. The van der Waals surface area contributed by atoms with Crippen molar-refractivity contribution in [3.05, 3.63) is 78.1 Å². The van der Waals surface area contributed by atoms with E-state index in [-0.39, 0.29) is 18.0 Å². The van der Waals surface area contributed by atoms with E-state index in [0.717, 1.165) is 29.4 Å². The first-order chi connectivity index (χ1) is 11.6. The average Bonchev–Trinajstić information content (AvgIpc) is 3.06. The van der Waals surface area contributed by atoms with Gasteiger partial charge in [-0.05, 0) is 36.2 Å². The van der Waals surface area contributed by atoms with Crippen molar-refractivity contribution in [3.8, 4) is 5.69 Å². The second-order valence-electron chi connectivity index (χ2n) is 5.30. The van der Waals surface area contributed by atoms with Crippen LogP contribution in [0.4, 0.5) is 14.5 Å². The van der Waals surface area contributed by atoms with Gasteiger partial charge in [0.15, 0.2) is 0 Å². The number of hydrogen-bond donors (Lipinski definition) is 1. The van der Waals surface area contributed by atoms with Crippen LogP contribution in [0.15, 0.2) is 60.9 Å². The summed E-state index contributed by atoms with van der Waals surface area (Å²) in [6, 6.07) is 12.5. The van der Waals surface area contributed by atoms with Crippen LogP contribution < -0.4 is 5.32 Å². The van der Waals surface area contributed by atoms with Crippen LogP contribution in [0, 0.1) is 11.6 Å². The SMILES string of the molecule is O=C(CCc1cnn(-c2ccccc2)c1)Nc1cc(F)ccc1F. The lowest BCUT2D eigenvalue weighted by Gasteiger charge is -2.06. The van der Waals surface area contributed by atoms with E-state index < -0.39 is 11.6 Å². The molecule has 0 atom stereocenters. The number of anilines is 1. The zero-order chi connectivity index (χ0) is 16.9. The lowest BCUT2D eigenvalue weighted by atomic mass is 10.2. The summed E-state index contributed by atoms with van der Waals surface area (Å²) in [7, 11) is 0. The van der Waals surface area contributed by atoms with Gasteiger partial charge in [-0.25, -0.2) is 13.5 Å². The van der Waals surface area contributed by atoms with Crippen molar-refractivity contribution in [2.45, 2.75) is 12.8 Å². The number of hydrogen-bond acceptors (Lipinski definition) is 2. The lowest BCUT2D eigenvalue weighted by molar-refractivity contribution is -0.116. The molecule has 2 aromatic carbocycles. The minimum Gasteiger partial charge on any atom is -0.324 e. The Hall–Kier alpha value is -3.02. The third-order valence-electron chi connectivity index (χ3n) is 3.50. The second-order valence-corrected chi connectivity index (χ2v) is 5.30. The van der Waals surface area contributed by atoms with Gasteiger partial charge in [-0.3, -0.25) is 4.79 Å². The van der Waals surface area contributed by atoms with Gasteiger partial charge in [0.1, 0.15) is 11.6 Å². The van der Waals surface area contributed by atoms with Gasteiger partial charge in [-0.2, -0.15) is 5.10 Å². The molecule has 6 heteroatoms. The lowest BCUT2D eigenvalue weighted by Crippen LogP contribution is -2.13. The molecule has 0 saturated carbocycles. The molecule has 1 aromatic heterocycles. The molecule has 0 fully saturated rings. The molecule has 0 aliphatic carbocycles. The van der Waals surface area contributed by atoms with Crippen LogP contribution >= 0.6 is 0 Å². The van der Waals surface area contributed by atoms with Crippen LogP contribution in [0.3, 0.4) is 0 Å². The van der Waals surface area contributed by atoms with Gasteiger partial charge in [0, 0.05) is 18.7 Å². The van der Waals surface area contributed by atoms with Crippen molar-refractivity contribution in [3.63, 3.8) is 0 Å². The first-order valence-corrected chi connectivity index (χ1v) is 7.46. The van der Waals surface area contributed by atoms with Crippen LogP contribution in [0.25, 0.3) is 5.69 Å². The van der Waals surface area contributed by atoms with Crippen LogP contribution in [0.1, 0.15) is 12.0 Å². The minimum absolute atomic E-state index is 0.149. The van der Waals surface area contributed by atoms with Gasteiger partial charge < -0.3 is 5.32 Å². The Morgan fingerprint density at radius 2 is 1.92 bits per heavy atom. The van der Waals surface area contributed by atoms with Crippen molar-refractivity contribution in [2.75, 3.05) is 5.32 Å². The largest absolute Gasteiger partial charge is 0.324 e. The molecule has 0 radical (unpaired) electrons. The molecule has 1 heterocycles. The van der Waals surface area contributed by atoms with Crippen LogP contribution in [0.5, 0.6) is 0 Å². The Bertz CT molecular complexity index is 846. The summed E-state index contributed by atoms with van der Waals surface area (Å²) >= 11 is 0. The third kappa shape index (κ3) is 3.84. The maximum atomic E-state index is 13.5. The van der Waals surface area contributed by atoms with Crippen molar-refractivity contribution in [2.24, 2.45) is 0 Å². The molecule has 4 nitrogen and oxygen atoms in total. The maximum absolute atomic E-state index is 13.5. The molecule has 1 amide bonds. The fourth-order valence-corrected chi connectivity index (χ4v) is 2.27. The van der Waals surface area contributed by atoms with E-state index in [1.54, 1.807) is 10.9 Å². The van der Waals surface area contributed by atoms with Gasteiger partial charge in [-0.15, -0.1) is 0 Å². The molecule has 0 unspecified atom stereocenters. The number of aromatic nitrogens is 2. The van der Waals surface area contributed by atoms with E-state index >= 15 is 0 Å². The van der Waals surface area contributed by atoms with E-state index in [2.05, 4.69) is 10.4 Å². The Labute approximate surface area is 137 Å². The molecule has 0 aliphatic rings. The average molecular weight is 327 g/mol. The number of rotatable bonds is 5. The van der Waals surface area contributed by atoms with E-state index in [0.29, 0.717) is 6.42 Å². The van der Waals surface area contributed by atoms with Crippen molar-refractivity contribution < 1.29 is 13.6 Å². The van der Waals surface area contributed by atoms with E-state index in [4.69, 9.17) is 0 Å². The topological polar surface area (TPSA) is 46.9 Å². The van der Waals surface area contributed by atoms with E-state index in [9.17, 15) is 13.6 Å². The summed E-state index contributed by atoms with van der Waals surface area (Å²) in [6.45, 7) is 0. The Morgan fingerprint density at radius 3 is 2.71 bits per heavy atom. The number of carbonyl (C=O) groups excluding carboxylic acids is 1. The summed E-state index contributed by atoms with van der Waals surface area (Å²) in [5, 5.41) is 6.63. The number of aryl methyl sites for hydroxylation is 1. The quantitative estimate of drug-likeness (QED) is 0.776. The first kappa shape index (κ1) is 15.9. The molecule has 0 spiro atoms. The fraction of sp³-hybridized carbons (Fsp3) is 0.111. The number of nitrogens with one attached hydrogen (secondary N) is 1. The number of amides is 1. The van der Waals surface area contributed by atoms with Crippen molar-refractivity contribution in [1.82, 2.24) is 9.78 Å². The van der Waals surface area contributed by atoms with Gasteiger partial charge >= 0.3 is 0 Å². The highest BCUT2D eigenvalue weighted by atomic mass is 19.1. The predicted molar refractivity (Wildman–Crippen MR) is 86.9 cm³/mol. The highest BCUT2D eigenvalue weighted by molar-refractivity contribution is 5.90. The minimum atomic E-state index is -0.665. The highest BCUT2D eigenvalue weighted by Crippen LogP contribution is 2.16. The monoisotopic (exact) mass is 327 g/mol. The zero-order valence-electron chi connectivity index (χ0n) is 12.7. The normalized spacial score (nSPS) is 10.6. The maximum Gasteiger partial charge on any atom is 0.224 e. The standard InChI is InChI=1S/C18H15F2N3O/c19-14-7-8-16(20)17(10-14)22-18(24)9-6-13-11-21-23(12-13)15-4-2-1-3-5-15/h1-5,7-8,10-12H,6,9H2,(H,22,24). The first-order valence-electron chi connectivity index (χ1n) is 7.46. The molecule has 122 valence electrons. The summed E-state index contributed by atoms with van der Waals surface area (Å²) in [6.07, 6.45) is 4.13. The summed E-state index contributed by atoms with van der Waals surface area (Å²) in [5.41, 5.74) is 1.66. The number of carbonyl (C=O) groups is 1. The van der Waals surface area contributed by atoms with Gasteiger partial charge in [0.05, 0.1) is 17.6 Å². The van der Waals surface area contributed by atoms with Crippen molar-refractivity contribution in [1.29, 1.82) is 0 Å².